The monoisotopic (exact) mass is 315 g/mol. The third-order valence-electron chi connectivity index (χ3n) is 3.74. The number of hydrogen-bond donors (Lipinski definition) is 0. The quantitative estimate of drug-likeness (QED) is 0.786. The molecule has 0 fully saturated rings. The van der Waals surface area contributed by atoms with Gasteiger partial charge in [-0.2, -0.15) is 0 Å². The van der Waals surface area contributed by atoms with Gasteiger partial charge in [-0.1, -0.05) is 18.2 Å². The van der Waals surface area contributed by atoms with Gasteiger partial charge in [0.2, 0.25) is 0 Å². The number of rotatable bonds is 7. The number of aryl methyl sites for hydroxylation is 1. The van der Waals surface area contributed by atoms with E-state index in [-0.39, 0.29) is 5.91 Å². The summed E-state index contributed by atoms with van der Waals surface area (Å²) in [6, 6.07) is 9.65. The standard InChI is InChI=1S/C18H25N3O2/c1-14-13-16(15-7-5-6-8-17(15)19-14)18(22)21(11-12-23-4)10-9-20(2)3/h5-8,13H,9-12H2,1-4H3. The zero-order chi connectivity index (χ0) is 16.8. The van der Waals surface area contributed by atoms with Crippen molar-refractivity contribution in [2.24, 2.45) is 0 Å². The van der Waals surface area contributed by atoms with Gasteiger partial charge in [-0.15, -0.1) is 0 Å². The van der Waals surface area contributed by atoms with Crippen molar-refractivity contribution in [2.45, 2.75) is 6.92 Å². The van der Waals surface area contributed by atoms with Gasteiger partial charge in [0.1, 0.15) is 0 Å². The molecule has 23 heavy (non-hydrogen) atoms. The lowest BCUT2D eigenvalue weighted by Crippen LogP contribution is -2.38. The Morgan fingerprint density at radius 3 is 2.61 bits per heavy atom. The van der Waals surface area contributed by atoms with Gasteiger partial charge in [0.15, 0.2) is 0 Å². The summed E-state index contributed by atoms with van der Waals surface area (Å²) >= 11 is 0. The van der Waals surface area contributed by atoms with Crippen molar-refractivity contribution in [3.63, 3.8) is 0 Å². The Hall–Kier alpha value is -1.98. The normalized spacial score (nSPS) is 11.2. The number of benzene rings is 1. The lowest BCUT2D eigenvalue weighted by Gasteiger charge is -2.25. The van der Waals surface area contributed by atoms with Crippen LogP contribution < -0.4 is 0 Å². The van der Waals surface area contributed by atoms with E-state index in [1.807, 2.05) is 56.3 Å². The van der Waals surface area contributed by atoms with Crippen LogP contribution in [0.3, 0.4) is 0 Å². The Kier molecular flexibility index (Phi) is 6.07. The predicted molar refractivity (Wildman–Crippen MR) is 92.8 cm³/mol. The molecule has 2 rings (SSSR count). The highest BCUT2D eigenvalue weighted by Crippen LogP contribution is 2.20. The summed E-state index contributed by atoms with van der Waals surface area (Å²) in [5.41, 5.74) is 2.42. The van der Waals surface area contributed by atoms with Crippen LogP contribution >= 0.6 is 0 Å². The molecule has 1 aromatic heterocycles. The molecule has 1 amide bonds. The first-order valence-corrected chi connectivity index (χ1v) is 7.82. The summed E-state index contributed by atoms with van der Waals surface area (Å²) in [5.74, 6) is 0.0330. The molecule has 2 aromatic rings. The maximum absolute atomic E-state index is 13.1. The van der Waals surface area contributed by atoms with E-state index in [4.69, 9.17) is 4.74 Å². The minimum Gasteiger partial charge on any atom is -0.383 e. The van der Waals surface area contributed by atoms with Crippen LogP contribution in [-0.4, -0.2) is 68.1 Å². The second-order valence-corrected chi connectivity index (χ2v) is 5.92. The maximum atomic E-state index is 13.1. The Balaban J connectivity index is 2.34. The first kappa shape index (κ1) is 17.4. The molecule has 1 aromatic carbocycles. The first-order chi connectivity index (χ1) is 11.0. The predicted octanol–water partition coefficient (Wildman–Crippen LogP) is 2.19. The number of para-hydroxylation sites is 1. The van der Waals surface area contributed by atoms with Gasteiger partial charge in [0, 0.05) is 37.8 Å². The van der Waals surface area contributed by atoms with E-state index in [2.05, 4.69) is 9.88 Å². The highest BCUT2D eigenvalue weighted by Gasteiger charge is 2.19. The van der Waals surface area contributed by atoms with E-state index in [1.165, 1.54) is 0 Å². The molecule has 0 N–H and O–H groups in total. The number of methoxy groups -OCH3 is 1. The number of likely N-dealkylation sites (N-methyl/N-ethyl adjacent to an activating group) is 1. The Bertz CT molecular complexity index is 670. The topological polar surface area (TPSA) is 45.7 Å². The van der Waals surface area contributed by atoms with Gasteiger partial charge in [-0.25, -0.2) is 0 Å². The van der Waals surface area contributed by atoms with E-state index in [0.29, 0.717) is 25.3 Å². The maximum Gasteiger partial charge on any atom is 0.254 e. The van der Waals surface area contributed by atoms with Crippen molar-refractivity contribution in [3.8, 4) is 0 Å². The number of aromatic nitrogens is 1. The molecule has 0 bridgehead atoms. The van der Waals surface area contributed by atoms with Crippen molar-refractivity contribution in [2.75, 3.05) is 47.4 Å². The third-order valence-corrected chi connectivity index (χ3v) is 3.74. The summed E-state index contributed by atoms with van der Waals surface area (Å²) in [5, 5.41) is 0.898. The van der Waals surface area contributed by atoms with E-state index in [1.54, 1.807) is 7.11 Å². The average molecular weight is 315 g/mol. The summed E-state index contributed by atoms with van der Waals surface area (Å²) in [7, 11) is 5.66. The molecule has 0 spiro atoms. The molecular formula is C18H25N3O2. The minimum absolute atomic E-state index is 0.0330. The molecular weight excluding hydrogens is 290 g/mol. The van der Waals surface area contributed by atoms with Crippen LogP contribution in [0.5, 0.6) is 0 Å². The van der Waals surface area contributed by atoms with Crippen molar-refractivity contribution in [1.29, 1.82) is 0 Å². The number of carbonyl (C=O) groups excluding carboxylic acids is 1. The van der Waals surface area contributed by atoms with Crippen LogP contribution in [0.25, 0.3) is 10.9 Å². The van der Waals surface area contributed by atoms with Gasteiger partial charge >= 0.3 is 0 Å². The van der Waals surface area contributed by atoms with E-state index in [9.17, 15) is 4.79 Å². The second kappa shape index (κ2) is 8.04. The van der Waals surface area contributed by atoms with Crippen LogP contribution in [0, 0.1) is 6.92 Å². The number of hydrogen-bond acceptors (Lipinski definition) is 4. The number of amides is 1. The van der Waals surface area contributed by atoms with Crippen LogP contribution in [0.15, 0.2) is 30.3 Å². The average Bonchev–Trinajstić information content (AvgIpc) is 2.53. The van der Waals surface area contributed by atoms with E-state index < -0.39 is 0 Å². The van der Waals surface area contributed by atoms with Gasteiger partial charge in [0.25, 0.3) is 5.91 Å². The van der Waals surface area contributed by atoms with Gasteiger partial charge in [-0.3, -0.25) is 9.78 Å². The van der Waals surface area contributed by atoms with E-state index in [0.717, 1.165) is 23.1 Å². The van der Waals surface area contributed by atoms with Gasteiger partial charge < -0.3 is 14.5 Å². The SMILES string of the molecule is COCCN(CCN(C)C)C(=O)c1cc(C)nc2ccccc12. The molecule has 5 heteroatoms. The molecule has 0 aliphatic rings. The third kappa shape index (κ3) is 4.50. The molecule has 0 radical (unpaired) electrons. The first-order valence-electron chi connectivity index (χ1n) is 7.82. The van der Waals surface area contributed by atoms with Crippen LogP contribution in [0.1, 0.15) is 16.1 Å². The summed E-state index contributed by atoms with van der Waals surface area (Å²) < 4.78 is 5.16. The molecule has 5 nitrogen and oxygen atoms in total. The largest absolute Gasteiger partial charge is 0.383 e. The molecule has 0 saturated carbocycles. The second-order valence-electron chi connectivity index (χ2n) is 5.92. The number of ether oxygens (including phenoxy) is 1. The zero-order valence-electron chi connectivity index (χ0n) is 14.4. The fourth-order valence-electron chi connectivity index (χ4n) is 2.49. The number of pyridine rings is 1. The highest BCUT2D eigenvalue weighted by molar-refractivity contribution is 6.06. The summed E-state index contributed by atoms with van der Waals surface area (Å²) in [6.07, 6.45) is 0. The van der Waals surface area contributed by atoms with Gasteiger partial charge in [0.05, 0.1) is 17.7 Å². The Morgan fingerprint density at radius 2 is 1.91 bits per heavy atom. The summed E-state index contributed by atoms with van der Waals surface area (Å²) in [4.78, 5) is 21.5. The fraction of sp³-hybridized carbons (Fsp3) is 0.444. The molecule has 1 heterocycles. The molecule has 0 aliphatic heterocycles. The summed E-state index contributed by atoms with van der Waals surface area (Å²) in [6.45, 7) is 4.52. The molecule has 0 unspecified atom stereocenters. The number of fused-ring (bicyclic) bond motifs is 1. The minimum atomic E-state index is 0.0330. The van der Waals surface area contributed by atoms with E-state index >= 15 is 0 Å². The number of carbonyl (C=O) groups is 1. The Morgan fingerprint density at radius 1 is 1.17 bits per heavy atom. The Labute approximate surface area is 137 Å². The molecule has 0 atom stereocenters. The highest BCUT2D eigenvalue weighted by atomic mass is 16.5. The molecule has 0 aliphatic carbocycles. The van der Waals surface area contributed by atoms with Crippen molar-refractivity contribution >= 4 is 16.8 Å². The van der Waals surface area contributed by atoms with Crippen LogP contribution in [-0.2, 0) is 4.74 Å². The molecule has 0 saturated heterocycles. The van der Waals surface area contributed by atoms with Crippen molar-refractivity contribution in [3.05, 3.63) is 41.6 Å². The molecule has 124 valence electrons. The number of nitrogens with zero attached hydrogens (tertiary/aromatic N) is 3. The lowest BCUT2D eigenvalue weighted by molar-refractivity contribution is 0.0685. The van der Waals surface area contributed by atoms with Crippen LogP contribution in [0.4, 0.5) is 0 Å². The van der Waals surface area contributed by atoms with Crippen molar-refractivity contribution in [1.82, 2.24) is 14.8 Å². The fourth-order valence-corrected chi connectivity index (χ4v) is 2.49. The van der Waals surface area contributed by atoms with Gasteiger partial charge in [-0.05, 0) is 33.2 Å². The lowest BCUT2D eigenvalue weighted by atomic mass is 10.1. The van der Waals surface area contributed by atoms with Crippen LogP contribution in [0.2, 0.25) is 0 Å². The van der Waals surface area contributed by atoms with Crippen molar-refractivity contribution < 1.29 is 9.53 Å². The zero-order valence-corrected chi connectivity index (χ0v) is 14.4. The smallest absolute Gasteiger partial charge is 0.254 e.